The Morgan fingerprint density at radius 1 is 1.24 bits per heavy atom. The van der Waals surface area contributed by atoms with Crippen LogP contribution < -0.4 is 5.32 Å². The van der Waals surface area contributed by atoms with Gasteiger partial charge in [0.1, 0.15) is 0 Å². The highest BCUT2D eigenvalue weighted by Gasteiger charge is 2.38. The topological polar surface area (TPSA) is 32.3 Å². The van der Waals surface area contributed by atoms with Gasteiger partial charge in [-0.15, -0.1) is 0 Å². The lowest BCUT2D eigenvalue weighted by atomic mass is 9.91. The highest BCUT2D eigenvalue weighted by atomic mass is 16.2. The molecule has 2 aliphatic rings. The molecule has 17 heavy (non-hydrogen) atoms. The van der Waals surface area contributed by atoms with Crippen LogP contribution in [-0.4, -0.2) is 29.9 Å². The fourth-order valence-corrected chi connectivity index (χ4v) is 3.00. The van der Waals surface area contributed by atoms with Crippen LogP contribution in [0.15, 0.2) is 30.3 Å². The molecule has 1 aromatic rings. The highest BCUT2D eigenvalue weighted by Crippen LogP contribution is 2.28. The van der Waals surface area contributed by atoms with Gasteiger partial charge in [-0.1, -0.05) is 30.3 Å². The van der Waals surface area contributed by atoms with Crippen LogP contribution in [0.2, 0.25) is 0 Å². The van der Waals surface area contributed by atoms with E-state index in [2.05, 4.69) is 22.3 Å². The van der Waals surface area contributed by atoms with E-state index in [9.17, 15) is 4.79 Å². The first-order valence-corrected chi connectivity index (χ1v) is 6.39. The molecule has 0 spiro atoms. The predicted octanol–water partition coefficient (Wildman–Crippen LogP) is 1.40. The number of benzene rings is 1. The molecule has 2 heterocycles. The minimum atomic E-state index is 0.318. The first-order valence-electron chi connectivity index (χ1n) is 6.39. The van der Waals surface area contributed by atoms with Gasteiger partial charge in [-0.25, -0.2) is 0 Å². The van der Waals surface area contributed by atoms with E-state index < -0.39 is 0 Å². The van der Waals surface area contributed by atoms with Gasteiger partial charge in [0.2, 0.25) is 5.91 Å². The molecule has 0 bridgehead atoms. The molecule has 2 aliphatic heterocycles. The number of nitrogens with one attached hydrogen (secondary N) is 1. The van der Waals surface area contributed by atoms with E-state index in [4.69, 9.17) is 0 Å². The number of nitrogens with zero attached hydrogens (tertiary/aromatic N) is 1. The maximum Gasteiger partial charge on any atom is 0.223 e. The van der Waals surface area contributed by atoms with Crippen LogP contribution in [0, 0.1) is 5.92 Å². The summed E-state index contributed by atoms with van der Waals surface area (Å²) in [7, 11) is 0. The van der Waals surface area contributed by atoms with Crippen molar-refractivity contribution in [2.24, 2.45) is 5.92 Å². The van der Waals surface area contributed by atoms with E-state index >= 15 is 0 Å². The van der Waals surface area contributed by atoms with E-state index in [0.29, 0.717) is 17.9 Å². The van der Waals surface area contributed by atoms with Crippen LogP contribution in [-0.2, 0) is 11.3 Å². The zero-order valence-electron chi connectivity index (χ0n) is 9.93. The Morgan fingerprint density at radius 2 is 2.06 bits per heavy atom. The summed E-state index contributed by atoms with van der Waals surface area (Å²) in [6.45, 7) is 2.80. The summed E-state index contributed by atoms with van der Waals surface area (Å²) >= 11 is 0. The van der Waals surface area contributed by atoms with E-state index in [-0.39, 0.29) is 0 Å². The van der Waals surface area contributed by atoms with Crippen molar-refractivity contribution in [1.29, 1.82) is 0 Å². The van der Waals surface area contributed by atoms with Crippen molar-refractivity contribution in [2.75, 3.05) is 13.1 Å². The largest absolute Gasteiger partial charge is 0.334 e. The number of hydrogen-bond donors (Lipinski definition) is 1. The lowest BCUT2D eigenvalue weighted by Crippen LogP contribution is -2.47. The first kappa shape index (κ1) is 10.8. The number of rotatable bonds is 2. The zero-order valence-corrected chi connectivity index (χ0v) is 9.93. The molecular formula is C14H18N2O. The molecule has 0 aromatic heterocycles. The summed E-state index contributed by atoms with van der Waals surface area (Å²) in [6.07, 6.45) is 1.78. The summed E-state index contributed by atoms with van der Waals surface area (Å²) in [5, 5.41) is 3.41. The van der Waals surface area contributed by atoms with E-state index in [0.717, 1.165) is 32.5 Å². The Labute approximate surface area is 102 Å². The highest BCUT2D eigenvalue weighted by molar-refractivity contribution is 5.77. The lowest BCUT2D eigenvalue weighted by Gasteiger charge is -2.37. The smallest absolute Gasteiger partial charge is 0.223 e. The van der Waals surface area contributed by atoms with Crippen LogP contribution in [0.4, 0.5) is 0 Å². The Morgan fingerprint density at radius 3 is 2.88 bits per heavy atom. The number of fused-ring (bicyclic) bond motifs is 1. The maximum atomic E-state index is 12.0. The normalized spacial score (nSPS) is 28.2. The van der Waals surface area contributed by atoms with Gasteiger partial charge in [-0.05, 0) is 17.9 Å². The van der Waals surface area contributed by atoms with Crippen molar-refractivity contribution in [3.05, 3.63) is 35.9 Å². The molecule has 2 atom stereocenters. The fourth-order valence-electron chi connectivity index (χ4n) is 3.00. The van der Waals surface area contributed by atoms with E-state index in [1.807, 2.05) is 18.2 Å². The summed E-state index contributed by atoms with van der Waals surface area (Å²) in [5.41, 5.74) is 1.23. The third-order valence-electron chi connectivity index (χ3n) is 3.95. The molecule has 0 aliphatic carbocycles. The summed E-state index contributed by atoms with van der Waals surface area (Å²) in [5.74, 6) is 0.982. The Bertz CT molecular complexity index is 404. The van der Waals surface area contributed by atoms with Crippen molar-refractivity contribution in [3.8, 4) is 0 Å². The number of carbonyl (C=O) groups excluding carboxylic acids is 1. The minimum Gasteiger partial charge on any atom is -0.334 e. The molecule has 1 amide bonds. The van der Waals surface area contributed by atoms with Gasteiger partial charge in [0.25, 0.3) is 0 Å². The predicted molar refractivity (Wildman–Crippen MR) is 66.4 cm³/mol. The average molecular weight is 230 g/mol. The number of amides is 1. The Balaban J connectivity index is 1.78. The molecule has 0 unspecified atom stereocenters. The standard InChI is InChI=1S/C14H18N2O/c17-14-7-6-12-8-15-9-13(12)16(14)10-11-4-2-1-3-5-11/h1-5,12-13,15H,6-10H2/t12-,13-/m1/s1. The van der Waals surface area contributed by atoms with Gasteiger partial charge in [0.15, 0.2) is 0 Å². The van der Waals surface area contributed by atoms with Gasteiger partial charge in [-0.2, -0.15) is 0 Å². The zero-order chi connectivity index (χ0) is 11.7. The summed E-state index contributed by atoms with van der Waals surface area (Å²) < 4.78 is 0. The fraction of sp³-hybridized carbons (Fsp3) is 0.500. The molecule has 3 nitrogen and oxygen atoms in total. The molecule has 90 valence electrons. The van der Waals surface area contributed by atoms with Gasteiger partial charge >= 0.3 is 0 Å². The van der Waals surface area contributed by atoms with Gasteiger partial charge < -0.3 is 10.2 Å². The molecule has 3 rings (SSSR count). The molecule has 3 heteroatoms. The number of hydrogen-bond acceptors (Lipinski definition) is 2. The van der Waals surface area contributed by atoms with Crippen LogP contribution in [0.25, 0.3) is 0 Å². The van der Waals surface area contributed by atoms with E-state index in [1.54, 1.807) is 0 Å². The molecule has 2 fully saturated rings. The quantitative estimate of drug-likeness (QED) is 0.833. The van der Waals surface area contributed by atoms with Crippen molar-refractivity contribution >= 4 is 5.91 Å². The van der Waals surface area contributed by atoms with Crippen LogP contribution in [0.5, 0.6) is 0 Å². The SMILES string of the molecule is O=C1CC[C@@H]2CNC[C@H]2N1Cc1ccccc1. The molecule has 2 saturated heterocycles. The maximum absolute atomic E-state index is 12.0. The molecule has 0 radical (unpaired) electrons. The summed E-state index contributed by atoms with van der Waals surface area (Å²) in [4.78, 5) is 14.1. The minimum absolute atomic E-state index is 0.318. The number of likely N-dealkylation sites (tertiary alicyclic amines) is 1. The first-order chi connectivity index (χ1) is 8.34. The van der Waals surface area contributed by atoms with Gasteiger partial charge in [0, 0.05) is 32.1 Å². The summed E-state index contributed by atoms with van der Waals surface area (Å²) in [6, 6.07) is 10.7. The number of carbonyl (C=O) groups is 1. The van der Waals surface area contributed by atoms with Crippen molar-refractivity contribution in [3.63, 3.8) is 0 Å². The third-order valence-corrected chi connectivity index (χ3v) is 3.95. The second kappa shape index (κ2) is 4.49. The van der Waals surface area contributed by atoms with Crippen LogP contribution in [0.1, 0.15) is 18.4 Å². The van der Waals surface area contributed by atoms with Crippen molar-refractivity contribution in [2.45, 2.75) is 25.4 Å². The van der Waals surface area contributed by atoms with Gasteiger partial charge in [-0.3, -0.25) is 4.79 Å². The van der Waals surface area contributed by atoms with Crippen molar-refractivity contribution in [1.82, 2.24) is 10.2 Å². The van der Waals surface area contributed by atoms with Crippen molar-refractivity contribution < 1.29 is 4.79 Å². The molecular weight excluding hydrogens is 212 g/mol. The van der Waals surface area contributed by atoms with E-state index in [1.165, 1.54) is 5.56 Å². The average Bonchev–Trinajstić information content (AvgIpc) is 2.83. The second-order valence-corrected chi connectivity index (χ2v) is 5.03. The number of piperidine rings is 1. The lowest BCUT2D eigenvalue weighted by molar-refractivity contribution is -0.138. The molecule has 1 aromatic carbocycles. The Kier molecular flexibility index (Phi) is 2.85. The third kappa shape index (κ3) is 2.07. The monoisotopic (exact) mass is 230 g/mol. The van der Waals surface area contributed by atoms with Crippen LogP contribution in [0.3, 0.4) is 0 Å². The molecule has 1 N–H and O–H groups in total. The second-order valence-electron chi connectivity index (χ2n) is 5.03. The van der Waals surface area contributed by atoms with Crippen LogP contribution >= 0.6 is 0 Å². The molecule has 0 saturated carbocycles. The Hall–Kier alpha value is -1.35. The van der Waals surface area contributed by atoms with Gasteiger partial charge in [0.05, 0.1) is 0 Å².